The van der Waals surface area contributed by atoms with Gasteiger partial charge in [0, 0.05) is 43.3 Å². The molecule has 0 aliphatic rings. The number of fused-ring (bicyclic) bond motifs is 1. The third kappa shape index (κ3) is 5.66. The normalized spacial score (nSPS) is 12.8. The predicted octanol–water partition coefficient (Wildman–Crippen LogP) is 2.82. The molecule has 0 aliphatic carbocycles. The Kier molecular flexibility index (Phi) is 9.13. The van der Waals surface area contributed by atoms with Gasteiger partial charge in [-0.25, -0.2) is 0 Å². The van der Waals surface area contributed by atoms with Gasteiger partial charge >= 0.3 is 0 Å². The minimum Gasteiger partial charge on any atom is -0.396 e. The zero-order valence-corrected chi connectivity index (χ0v) is 17.1. The van der Waals surface area contributed by atoms with Crippen LogP contribution in [0.15, 0.2) is 29.4 Å². The SMILES string of the molecule is CCNC(=NCC(C)CO)NCCc1c[nH]c2c(C)cccc12.I. The van der Waals surface area contributed by atoms with Crippen molar-refractivity contribution in [1.29, 1.82) is 0 Å². The van der Waals surface area contributed by atoms with Crippen LogP contribution in [0.5, 0.6) is 0 Å². The van der Waals surface area contributed by atoms with Crippen molar-refractivity contribution in [2.75, 3.05) is 26.2 Å². The first-order valence-corrected chi connectivity index (χ1v) is 8.34. The van der Waals surface area contributed by atoms with Crippen LogP contribution in [0.3, 0.4) is 0 Å². The molecule has 1 aromatic heterocycles. The molecular weight excluding hydrogens is 415 g/mol. The summed E-state index contributed by atoms with van der Waals surface area (Å²) in [5, 5.41) is 17.0. The maximum absolute atomic E-state index is 9.09. The second-order valence-electron chi connectivity index (χ2n) is 6.00. The average Bonchev–Trinajstić information content (AvgIpc) is 2.97. The molecule has 0 saturated carbocycles. The van der Waals surface area contributed by atoms with E-state index in [4.69, 9.17) is 5.11 Å². The lowest BCUT2D eigenvalue weighted by Gasteiger charge is -2.12. The number of nitrogens with zero attached hydrogens (tertiary/aromatic N) is 1. The molecule has 1 atom stereocenters. The molecule has 2 aromatic rings. The fourth-order valence-corrected chi connectivity index (χ4v) is 2.53. The standard InChI is InChI=1S/C18H28N4O.HI/c1-4-19-18(22-10-13(2)12-23)20-9-8-15-11-21-17-14(3)6-5-7-16(15)17;/h5-7,11,13,21,23H,4,8-10,12H2,1-3H3,(H2,19,20,22);1H. The number of benzene rings is 1. The van der Waals surface area contributed by atoms with Crippen LogP contribution in [0.4, 0.5) is 0 Å². The number of aliphatic imine (C=N–C) groups is 1. The number of aliphatic hydroxyl groups excluding tert-OH is 1. The zero-order chi connectivity index (χ0) is 16.7. The van der Waals surface area contributed by atoms with Crippen LogP contribution in [-0.2, 0) is 6.42 Å². The van der Waals surface area contributed by atoms with Gasteiger partial charge in [0.15, 0.2) is 5.96 Å². The van der Waals surface area contributed by atoms with Crippen LogP contribution in [0.1, 0.15) is 25.0 Å². The summed E-state index contributed by atoms with van der Waals surface area (Å²) in [6.45, 7) is 8.59. The first-order chi connectivity index (χ1) is 11.2. The molecule has 134 valence electrons. The summed E-state index contributed by atoms with van der Waals surface area (Å²) in [5.74, 6) is 0.992. The van der Waals surface area contributed by atoms with Crippen molar-refractivity contribution >= 4 is 40.8 Å². The Morgan fingerprint density at radius 1 is 1.33 bits per heavy atom. The molecule has 0 amide bonds. The highest BCUT2D eigenvalue weighted by Gasteiger charge is 2.06. The number of aromatic amines is 1. The van der Waals surface area contributed by atoms with E-state index in [0.29, 0.717) is 6.54 Å². The number of aryl methyl sites for hydroxylation is 1. The van der Waals surface area contributed by atoms with Crippen molar-refractivity contribution in [3.05, 3.63) is 35.5 Å². The van der Waals surface area contributed by atoms with Crippen LogP contribution in [0.25, 0.3) is 10.9 Å². The maximum atomic E-state index is 9.09. The van der Waals surface area contributed by atoms with E-state index in [9.17, 15) is 0 Å². The van der Waals surface area contributed by atoms with Gasteiger partial charge in [-0.15, -0.1) is 24.0 Å². The van der Waals surface area contributed by atoms with E-state index < -0.39 is 0 Å². The fraction of sp³-hybridized carbons (Fsp3) is 0.500. The molecule has 0 aliphatic heterocycles. The Balaban J connectivity index is 0.00000288. The number of nitrogens with one attached hydrogen (secondary N) is 3. The molecule has 0 bridgehead atoms. The van der Waals surface area contributed by atoms with Crippen molar-refractivity contribution in [1.82, 2.24) is 15.6 Å². The Bertz CT molecular complexity index is 654. The van der Waals surface area contributed by atoms with E-state index in [1.807, 2.05) is 6.92 Å². The third-order valence-corrected chi connectivity index (χ3v) is 3.91. The summed E-state index contributed by atoms with van der Waals surface area (Å²) in [4.78, 5) is 7.87. The first kappa shape index (κ1) is 20.8. The second kappa shape index (κ2) is 10.6. The lowest BCUT2D eigenvalue weighted by molar-refractivity contribution is 0.241. The highest BCUT2D eigenvalue weighted by atomic mass is 127. The quantitative estimate of drug-likeness (QED) is 0.302. The molecule has 1 heterocycles. The van der Waals surface area contributed by atoms with Gasteiger partial charge in [-0.05, 0) is 37.3 Å². The average molecular weight is 444 g/mol. The van der Waals surface area contributed by atoms with Gasteiger partial charge in [-0.1, -0.05) is 25.1 Å². The Labute approximate surface area is 161 Å². The molecule has 0 fully saturated rings. The summed E-state index contributed by atoms with van der Waals surface area (Å²) < 4.78 is 0. The number of halogens is 1. The Morgan fingerprint density at radius 3 is 2.83 bits per heavy atom. The monoisotopic (exact) mass is 444 g/mol. The molecule has 1 unspecified atom stereocenters. The van der Waals surface area contributed by atoms with Crippen molar-refractivity contribution < 1.29 is 5.11 Å². The Hall–Kier alpha value is -1.28. The van der Waals surface area contributed by atoms with E-state index in [-0.39, 0.29) is 36.5 Å². The summed E-state index contributed by atoms with van der Waals surface area (Å²) in [5.41, 5.74) is 3.81. The van der Waals surface area contributed by atoms with Gasteiger partial charge < -0.3 is 20.7 Å². The van der Waals surface area contributed by atoms with Gasteiger partial charge in [-0.3, -0.25) is 4.99 Å². The number of guanidine groups is 1. The largest absolute Gasteiger partial charge is 0.396 e. The van der Waals surface area contributed by atoms with Crippen LogP contribution in [0.2, 0.25) is 0 Å². The van der Waals surface area contributed by atoms with Crippen molar-refractivity contribution in [2.24, 2.45) is 10.9 Å². The molecule has 6 heteroatoms. The van der Waals surface area contributed by atoms with E-state index in [1.54, 1.807) is 0 Å². The molecule has 2 rings (SSSR count). The number of hydrogen-bond donors (Lipinski definition) is 4. The Morgan fingerprint density at radius 2 is 2.12 bits per heavy atom. The van der Waals surface area contributed by atoms with Gasteiger partial charge in [0.05, 0.1) is 0 Å². The minimum absolute atomic E-state index is 0. The topological polar surface area (TPSA) is 72.4 Å². The molecule has 0 saturated heterocycles. The summed E-state index contributed by atoms with van der Waals surface area (Å²) in [6, 6.07) is 6.39. The molecular formula is C18H29IN4O. The summed E-state index contributed by atoms with van der Waals surface area (Å²) in [6.07, 6.45) is 3.03. The molecule has 5 nitrogen and oxygen atoms in total. The van der Waals surface area contributed by atoms with Crippen molar-refractivity contribution in [2.45, 2.75) is 27.2 Å². The number of rotatable bonds is 7. The maximum Gasteiger partial charge on any atom is 0.191 e. The number of H-pyrrole nitrogens is 1. The van der Waals surface area contributed by atoms with E-state index in [1.165, 1.54) is 22.0 Å². The summed E-state index contributed by atoms with van der Waals surface area (Å²) in [7, 11) is 0. The highest BCUT2D eigenvalue weighted by molar-refractivity contribution is 14.0. The number of para-hydroxylation sites is 1. The molecule has 24 heavy (non-hydrogen) atoms. The van der Waals surface area contributed by atoms with E-state index in [0.717, 1.165) is 25.5 Å². The molecule has 0 radical (unpaired) electrons. The fourth-order valence-electron chi connectivity index (χ4n) is 2.53. The first-order valence-electron chi connectivity index (χ1n) is 8.34. The van der Waals surface area contributed by atoms with Crippen LogP contribution in [-0.4, -0.2) is 42.3 Å². The lowest BCUT2D eigenvalue weighted by Crippen LogP contribution is -2.38. The van der Waals surface area contributed by atoms with Crippen LogP contribution >= 0.6 is 24.0 Å². The van der Waals surface area contributed by atoms with Crippen LogP contribution < -0.4 is 10.6 Å². The van der Waals surface area contributed by atoms with E-state index >= 15 is 0 Å². The van der Waals surface area contributed by atoms with Gasteiger partial charge in [0.25, 0.3) is 0 Å². The minimum atomic E-state index is 0. The van der Waals surface area contributed by atoms with Crippen LogP contribution in [0, 0.1) is 12.8 Å². The van der Waals surface area contributed by atoms with Gasteiger partial charge in [0.1, 0.15) is 0 Å². The molecule has 1 aromatic carbocycles. The third-order valence-electron chi connectivity index (χ3n) is 3.91. The van der Waals surface area contributed by atoms with Gasteiger partial charge in [0.2, 0.25) is 0 Å². The predicted molar refractivity (Wildman–Crippen MR) is 112 cm³/mol. The van der Waals surface area contributed by atoms with E-state index in [2.05, 4.69) is 58.9 Å². The second-order valence-corrected chi connectivity index (χ2v) is 6.00. The smallest absolute Gasteiger partial charge is 0.191 e. The van der Waals surface area contributed by atoms with Crippen molar-refractivity contribution in [3.8, 4) is 0 Å². The number of hydrogen-bond acceptors (Lipinski definition) is 2. The zero-order valence-electron chi connectivity index (χ0n) is 14.7. The number of aliphatic hydroxyl groups is 1. The summed E-state index contributed by atoms with van der Waals surface area (Å²) >= 11 is 0. The lowest BCUT2D eigenvalue weighted by atomic mass is 10.1. The van der Waals surface area contributed by atoms with Crippen molar-refractivity contribution in [3.63, 3.8) is 0 Å². The number of aromatic nitrogens is 1. The molecule has 4 N–H and O–H groups in total. The highest BCUT2D eigenvalue weighted by Crippen LogP contribution is 2.21. The molecule has 0 spiro atoms. The van der Waals surface area contributed by atoms with Gasteiger partial charge in [-0.2, -0.15) is 0 Å².